The number of imide groups is 1. The topological polar surface area (TPSA) is 171 Å². The summed E-state index contributed by atoms with van der Waals surface area (Å²) in [7, 11) is 5.08. The third kappa shape index (κ3) is 12.6. The van der Waals surface area contributed by atoms with Gasteiger partial charge in [-0.1, -0.05) is 6.42 Å². The van der Waals surface area contributed by atoms with Crippen LogP contribution >= 0.6 is 11.8 Å². The first-order valence-electron chi connectivity index (χ1n) is 12.0. The molecule has 3 atom stereocenters. The van der Waals surface area contributed by atoms with E-state index >= 15 is 0 Å². The van der Waals surface area contributed by atoms with E-state index in [1.807, 2.05) is 0 Å². The fourth-order valence-corrected chi connectivity index (χ4v) is 3.88. The molecule has 12 nitrogen and oxygen atoms in total. The molecular weight excluding hydrogens is 501 g/mol. The summed E-state index contributed by atoms with van der Waals surface area (Å²) in [5, 5.41) is 10.1. The van der Waals surface area contributed by atoms with Crippen molar-refractivity contribution in [2.75, 3.05) is 18.2 Å². The lowest BCUT2D eigenvalue weighted by atomic mass is 9.97. The van der Waals surface area contributed by atoms with Gasteiger partial charge in [-0.3, -0.25) is 33.7 Å². The molecule has 3 unspecified atom stereocenters. The minimum Gasteiger partial charge on any atom is -0.345 e. The molecule has 1 heterocycles. The Morgan fingerprint density at radius 3 is 1.92 bits per heavy atom. The number of amides is 6. The predicted octanol–water partition coefficient (Wildman–Crippen LogP) is -1.12. The molecule has 1 aliphatic rings. The molecule has 14 heteroatoms. The van der Waals surface area contributed by atoms with Crippen molar-refractivity contribution >= 4 is 60.7 Å². The number of hydrogen-bond acceptors (Lipinski definition) is 8. The third-order valence-electron chi connectivity index (χ3n) is 5.30. The highest BCUT2D eigenvalue weighted by Crippen LogP contribution is 2.07. The van der Waals surface area contributed by atoms with Gasteiger partial charge in [0, 0.05) is 25.1 Å². The van der Waals surface area contributed by atoms with Crippen molar-refractivity contribution < 1.29 is 33.6 Å². The Hall–Kier alpha value is -3.16. The molecule has 37 heavy (non-hydrogen) atoms. The number of rotatable bonds is 17. The second kappa shape index (κ2) is 16.6. The first kappa shape index (κ1) is 31.9. The lowest BCUT2D eigenvalue weighted by Crippen LogP contribution is -2.54. The van der Waals surface area contributed by atoms with Crippen LogP contribution in [0.2, 0.25) is 0 Å². The van der Waals surface area contributed by atoms with Crippen LogP contribution in [0.3, 0.4) is 0 Å². The van der Waals surface area contributed by atoms with E-state index in [0.717, 1.165) is 42.1 Å². The van der Waals surface area contributed by atoms with E-state index in [2.05, 4.69) is 21.3 Å². The molecule has 6 amide bonds. The summed E-state index contributed by atoms with van der Waals surface area (Å²) in [6.45, 7) is 4.28. The highest BCUT2D eigenvalue weighted by molar-refractivity contribution is 7.99. The Bertz CT molecular complexity index is 896. The molecule has 0 saturated heterocycles. The molecule has 0 saturated carbocycles. The molecule has 202 valence electrons. The van der Waals surface area contributed by atoms with E-state index in [9.17, 15) is 33.6 Å². The summed E-state index contributed by atoms with van der Waals surface area (Å²) in [6, 6.07) is -2.77. The van der Waals surface area contributed by atoms with Crippen LogP contribution in [-0.4, -0.2) is 90.2 Å². The maximum atomic E-state index is 12.4. The number of nitrogens with zero attached hydrogens (tertiary/aromatic N) is 1. The van der Waals surface area contributed by atoms with Gasteiger partial charge in [0.2, 0.25) is 23.6 Å². The fourth-order valence-electron chi connectivity index (χ4n) is 3.08. The second-order valence-electron chi connectivity index (χ2n) is 8.53. The van der Waals surface area contributed by atoms with E-state index in [0.29, 0.717) is 12.3 Å². The minimum atomic E-state index is -0.973. The zero-order valence-electron chi connectivity index (χ0n) is 21.3. The summed E-state index contributed by atoms with van der Waals surface area (Å²) in [6.07, 6.45) is 4.94. The number of carbonyl (C=O) groups excluding carboxylic acids is 7. The minimum absolute atomic E-state index is 0.112. The molecule has 4 N–H and O–H groups in total. The molecule has 0 aromatic heterocycles. The van der Waals surface area contributed by atoms with Gasteiger partial charge in [-0.15, -0.1) is 11.8 Å². The summed E-state index contributed by atoms with van der Waals surface area (Å²) in [5.41, 5.74) is -0.313. The molecule has 0 aromatic rings. The Balaban J connectivity index is 2.26. The largest absolute Gasteiger partial charge is 0.345 e. The smallest absolute Gasteiger partial charge is 0.253 e. The maximum absolute atomic E-state index is 12.4. The number of hydrogen-bond donors (Lipinski definition) is 4. The fraction of sp³-hybridized carbons (Fsp3) is 0.609. The second-order valence-corrected chi connectivity index (χ2v) is 9.64. The molecular formula is C23H34BN5O7S. The van der Waals surface area contributed by atoms with Crippen LogP contribution in [0.1, 0.15) is 52.9 Å². The van der Waals surface area contributed by atoms with Crippen LogP contribution in [0.15, 0.2) is 12.2 Å². The third-order valence-corrected chi connectivity index (χ3v) is 6.22. The molecule has 0 fully saturated rings. The number of unbranched alkanes of at least 4 members (excludes halogenated alkanes) is 2. The Kier molecular flexibility index (Phi) is 14.3. The van der Waals surface area contributed by atoms with E-state index < -0.39 is 47.7 Å². The van der Waals surface area contributed by atoms with Crippen molar-refractivity contribution in [2.45, 2.75) is 71.0 Å². The van der Waals surface area contributed by atoms with E-state index in [1.54, 1.807) is 0 Å². The first-order chi connectivity index (χ1) is 17.4. The Labute approximate surface area is 221 Å². The standard InChI is InChI=1S/C23H34BN5O7S/c1-14(21(34)25-13-37-12-6-4-5-7-17(24)30)27-23(36)16(3)28-22(35)15(2)26-18(31)10-11-29-19(32)8-9-20(29)33/h8-9,14-16H,4-7,10-13H2,1-3H3,(H,25,34)(H,26,31)(H,27,36)(H,28,35). The van der Waals surface area contributed by atoms with Gasteiger partial charge in [0.05, 0.1) is 11.6 Å². The molecule has 1 aliphatic heterocycles. The Morgan fingerprint density at radius 1 is 0.811 bits per heavy atom. The lowest BCUT2D eigenvalue weighted by Gasteiger charge is -2.20. The highest BCUT2D eigenvalue weighted by Gasteiger charge is 2.26. The zero-order valence-corrected chi connectivity index (χ0v) is 22.2. The normalized spacial score (nSPS) is 15.1. The van der Waals surface area contributed by atoms with Crippen molar-refractivity contribution in [1.29, 1.82) is 0 Å². The number of carbonyl (C=O) groups is 7. The van der Waals surface area contributed by atoms with Gasteiger partial charge in [-0.25, -0.2) is 0 Å². The van der Waals surface area contributed by atoms with Crippen LogP contribution in [0.5, 0.6) is 0 Å². The van der Waals surface area contributed by atoms with E-state index in [-0.39, 0.29) is 24.6 Å². The monoisotopic (exact) mass is 535 g/mol. The first-order valence-corrected chi connectivity index (χ1v) is 13.1. The maximum Gasteiger partial charge on any atom is 0.253 e. The summed E-state index contributed by atoms with van der Waals surface area (Å²) < 4.78 is 0. The van der Waals surface area contributed by atoms with Crippen LogP contribution in [0, 0.1) is 0 Å². The van der Waals surface area contributed by atoms with Crippen molar-refractivity contribution in [3.05, 3.63) is 12.2 Å². The molecule has 0 bridgehead atoms. The van der Waals surface area contributed by atoms with E-state index in [1.165, 1.54) is 32.5 Å². The zero-order chi connectivity index (χ0) is 28.0. The summed E-state index contributed by atoms with van der Waals surface area (Å²) in [5.74, 6) is -1.93. The van der Waals surface area contributed by atoms with Gasteiger partial charge in [0.25, 0.3) is 11.8 Å². The molecule has 0 aliphatic carbocycles. The van der Waals surface area contributed by atoms with Gasteiger partial charge in [-0.05, 0) is 45.8 Å². The van der Waals surface area contributed by atoms with Crippen molar-refractivity contribution in [3.63, 3.8) is 0 Å². The van der Waals surface area contributed by atoms with Crippen LogP contribution in [0.25, 0.3) is 0 Å². The average molecular weight is 535 g/mol. The van der Waals surface area contributed by atoms with E-state index in [4.69, 9.17) is 7.85 Å². The molecule has 0 aromatic carbocycles. The van der Waals surface area contributed by atoms with Gasteiger partial charge < -0.3 is 26.1 Å². The molecule has 0 spiro atoms. The van der Waals surface area contributed by atoms with Gasteiger partial charge in [0.15, 0.2) is 7.85 Å². The van der Waals surface area contributed by atoms with Gasteiger partial charge in [0.1, 0.15) is 18.1 Å². The van der Waals surface area contributed by atoms with Crippen molar-refractivity contribution in [3.8, 4) is 0 Å². The summed E-state index contributed by atoms with van der Waals surface area (Å²) >= 11 is 1.52. The highest BCUT2D eigenvalue weighted by atomic mass is 32.2. The lowest BCUT2D eigenvalue weighted by molar-refractivity contribution is -0.137. The Morgan fingerprint density at radius 2 is 1.35 bits per heavy atom. The van der Waals surface area contributed by atoms with Crippen molar-refractivity contribution in [1.82, 2.24) is 26.2 Å². The van der Waals surface area contributed by atoms with Gasteiger partial charge in [-0.2, -0.15) is 0 Å². The number of thioether (sulfide) groups is 1. The van der Waals surface area contributed by atoms with Crippen molar-refractivity contribution in [2.24, 2.45) is 0 Å². The van der Waals surface area contributed by atoms with Gasteiger partial charge >= 0.3 is 0 Å². The number of nitrogens with one attached hydrogen (secondary N) is 4. The molecule has 2 radical (unpaired) electrons. The van der Waals surface area contributed by atoms with Crippen LogP contribution < -0.4 is 21.3 Å². The van der Waals surface area contributed by atoms with Crippen LogP contribution in [-0.2, 0) is 33.6 Å². The summed E-state index contributed by atoms with van der Waals surface area (Å²) in [4.78, 5) is 83.6. The molecule has 1 rings (SSSR count). The quantitative estimate of drug-likeness (QED) is 0.0785. The SMILES string of the molecule is [B]C(=O)CCCCCSCNC(=O)C(C)NC(=O)C(C)NC(=O)C(C)NC(=O)CCN1C(=O)C=CC1=O. The average Bonchev–Trinajstić information content (AvgIpc) is 3.15. The van der Waals surface area contributed by atoms with Crippen LogP contribution in [0.4, 0.5) is 0 Å². The predicted molar refractivity (Wildman–Crippen MR) is 138 cm³/mol.